The molecule has 110 valence electrons. The molecule has 2 N–H and O–H groups in total. The van der Waals surface area contributed by atoms with Crippen LogP contribution in [0.3, 0.4) is 0 Å². The fraction of sp³-hybridized carbons (Fsp3) is 0.188. The summed E-state index contributed by atoms with van der Waals surface area (Å²) in [5.74, 6) is 2.47. The van der Waals surface area contributed by atoms with E-state index < -0.39 is 0 Å². The van der Waals surface area contributed by atoms with Crippen molar-refractivity contribution in [2.75, 3.05) is 13.7 Å². The second-order valence-electron chi connectivity index (χ2n) is 4.21. The normalized spacial score (nSPS) is 10.0. The summed E-state index contributed by atoms with van der Waals surface area (Å²) in [7, 11) is 1.59. The summed E-state index contributed by atoms with van der Waals surface area (Å²) in [6.07, 6.45) is 0. The minimum atomic E-state index is 0.265. The van der Waals surface area contributed by atoms with Gasteiger partial charge in [-0.2, -0.15) is 0 Å². The van der Waals surface area contributed by atoms with Crippen molar-refractivity contribution in [1.82, 2.24) is 0 Å². The SMILES string of the molecule is CCOc1ccccc1Oc1cc(OC)ccc1C(N)=S. The van der Waals surface area contributed by atoms with Crippen LogP contribution in [0.15, 0.2) is 42.5 Å². The third-order valence-corrected chi connectivity index (χ3v) is 3.04. The highest BCUT2D eigenvalue weighted by atomic mass is 32.1. The van der Waals surface area contributed by atoms with Gasteiger partial charge >= 0.3 is 0 Å². The molecule has 0 saturated heterocycles. The highest BCUT2D eigenvalue weighted by Gasteiger charge is 2.12. The van der Waals surface area contributed by atoms with Gasteiger partial charge in [0, 0.05) is 6.07 Å². The van der Waals surface area contributed by atoms with E-state index in [1.54, 1.807) is 25.3 Å². The van der Waals surface area contributed by atoms with Crippen molar-refractivity contribution >= 4 is 17.2 Å². The van der Waals surface area contributed by atoms with Crippen LogP contribution < -0.4 is 19.9 Å². The Hall–Kier alpha value is -2.27. The van der Waals surface area contributed by atoms with Crippen LogP contribution in [0.5, 0.6) is 23.0 Å². The van der Waals surface area contributed by atoms with E-state index in [1.807, 2.05) is 31.2 Å². The maximum absolute atomic E-state index is 5.92. The Morgan fingerprint density at radius 2 is 1.81 bits per heavy atom. The van der Waals surface area contributed by atoms with Crippen LogP contribution >= 0.6 is 12.2 Å². The van der Waals surface area contributed by atoms with Crippen molar-refractivity contribution < 1.29 is 14.2 Å². The lowest BCUT2D eigenvalue weighted by Gasteiger charge is -2.14. The summed E-state index contributed by atoms with van der Waals surface area (Å²) in [5.41, 5.74) is 6.39. The van der Waals surface area contributed by atoms with Gasteiger partial charge in [0.2, 0.25) is 0 Å². The van der Waals surface area contributed by atoms with E-state index in [9.17, 15) is 0 Å². The fourth-order valence-electron chi connectivity index (χ4n) is 1.85. The summed E-state index contributed by atoms with van der Waals surface area (Å²) in [4.78, 5) is 0.265. The predicted octanol–water partition coefficient (Wildman–Crippen LogP) is 3.52. The van der Waals surface area contributed by atoms with E-state index in [0.29, 0.717) is 35.2 Å². The molecule has 0 saturated carbocycles. The first kappa shape index (κ1) is 15.1. The van der Waals surface area contributed by atoms with Crippen LogP contribution in [-0.4, -0.2) is 18.7 Å². The first-order chi connectivity index (χ1) is 10.2. The molecule has 0 aromatic heterocycles. The molecule has 0 aliphatic rings. The standard InChI is InChI=1S/C16H17NO3S/c1-3-19-13-6-4-5-7-14(13)20-15-10-11(18-2)8-9-12(15)16(17)21/h4-10H,3H2,1-2H3,(H2,17,21). The van der Waals surface area contributed by atoms with Crippen molar-refractivity contribution in [3.05, 3.63) is 48.0 Å². The van der Waals surface area contributed by atoms with Gasteiger partial charge in [0.15, 0.2) is 11.5 Å². The fourth-order valence-corrected chi connectivity index (χ4v) is 2.01. The van der Waals surface area contributed by atoms with Crippen molar-refractivity contribution in [3.8, 4) is 23.0 Å². The number of hydrogen-bond donors (Lipinski definition) is 1. The molecule has 4 nitrogen and oxygen atoms in total. The molecular formula is C16H17NO3S. The van der Waals surface area contributed by atoms with Crippen LogP contribution in [0.4, 0.5) is 0 Å². The van der Waals surface area contributed by atoms with E-state index >= 15 is 0 Å². The number of thiocarbonyl (C=S) groups is 1. The molecule has 0 aliphatic carbocycles. The maximum atomic E-state index is 5.92. The summed E-state index contributed by atoms with van der Waals surface area (Å²) >= 11 is 5.06. The van der Waals surface area contributed by atoms with Crippen molar-refractivity contribution in [2.45, 2.75) is 6.92 Å². The molecule has 0 amide bonds. The molecule has 2 rings (SSSR count). The number of methoxy groups -OCH3 is 1. The van der Waals surface area contributed by atoms with E-state index in [-0.39, 0.29) is 4.99 Å². The average Bonchev–Trinajstić information content (AvgIpc) is 2.49. The zero-order valence-electron chi connectivity index (χ0n) is 12.0. The van der Waals surface area contributed by atoms with Gasteiger partial charge in [0.05, 0.1) is 19.3 Å². The van der Waals surface area contributed by atoms with Gasteiger partial charge < -0.3 is 19.9 Å². The van der Waals surface area contributed by atoms with Gasteiger partial charge in [0.1, 0.15) is 16.5 Å². The Morgan fingerprint density at radius 3 is 2.43 bits per heavy atom. The topological polar surface area (TPSA) is 53.7 Å². The largest absolute Gasteiger partial charge is 0.497 e. The lowest BCUT2D eigenvalue weighted by molar-refractivity contribution is 0.321. The van der Waals surface area contributed by atoms with Crippen LogP contribution in [0.25, 0.3) is 0 Å². The smallest absolute Gasteiger partial charge is 0.169 e. The number of benzene rings is 2. The lowest BCUT2D eigenvalue weighted by atomic mass is 10.2. The summed E-state index contributed by atoms with van der Waals surface area (Å²) < 4.78 is 16.7. The molecule has 0 fully saturated rings. The van der Waals surface area contributed by atoms with E-state index in [4.69, 9.17) is 32.2 Å². The van der Waals surface area contributed by atoms with Crippen molar-refractivity contribution in [3.63, 3.8) is 0 Å². The molecule has 0 heterocycles. The average molecular weight is 303 g/mol. The summed E-state index contributed by atoms with van der Waals surface area (Å²) in [6, 6.07) is 12.7. The van der Waals surface area contributed by atoms with Crippen molar-refractivity contribution in [1.29, 1.82) is 0 Å². The minimum Gasteiger partial charge on any atom is -0.497 e. The number of rotatable bonds is 6. The zero-order valence-corrected chi connectivity index (χ0v) is 12.8. The number of para-hydroxylation sites is 2. The van der Waals surface area contributed by atoms with Crippen molar-refractivity contribution in [2.24, 2.45) is 5.73 Å². The second-order valence-corrected chi connectivity index (χ2v) is 4.65. The van der Waals surface area contributed by atoms with Crippen LogP contribution in [-0.2, 0) is 0 Å². The number of ether oxygens (including phenoxy) is 3. The molecule has 0 radical (unpaired) electrons. The minimum absolute atomic E-state index is 0.265. The molecule has 2 aromatic rings. The second kappa shape index (κ2) is 6.95. The molecule has 2 aromatic carbocycles. The summed E-state index contributed by atoms with van der Waals surface area (Å²) in [6.45, 7) is 2.48. The summed E-state index contributed by atoms with van der Waals surface area (Å²) in [5, 5.41) is 0. The van der Waals surface area contributed by atoms with Gasteiger partial charge in [-0.25, -0.2) is 0 Å². The highest BCUT2D eigenvalue weighted by molar-refractivity contribution is 7.80. The van der Waals surface area contributed by atoms with E-state index in [2.05, 4.69) is 0 Å². The predicted molar refractivity (Wildman–Crippen MR) is 86.6 cm³/mol. The first-order valence-corrected chi connectivity index (χ1v) is 6.94. The zero-order chi connectivity index (χ0) is 15.2. The van der Waals surface area contributed by atoms with Crippen LogP contribution in [0.1, 0.15) is 12.5 Å². The molecule has 5 heteroatoms. The van der Waals surface area contributed by atoms with Gasteiger partial charge in [-0.1, -0.05) is 24.4 Å². The Morgan fingerprint density at radius 1 is 1.10 bits per heavy atom. The third kappa shape index (κ3) is 3.64. The molecule has 0 aliphatic heterocycles. The highest BCUT2D eigenvalue weighted by Crippen LogP contribution is 2.34. The van der Waals surface area contributed by atoms with Crippen LogP contribution in [0, 0.1) is 0 Å². The van der Waals surface area contributed by atoms with Crippen LogP contribution in [0.2, 0.25) is 0 Å². The van der Waals surface area contributed by atoms with E-state index in [1.165, 1.54) is 0 Å². The van der Waals surface area contributed by atoms with Gasteiger partial charge in [-0.05, 0) is 31.2 Å². The Balaban J connectivity index is 2.40. The Kier molecular flexibility index (Phi) is 5.00. The molecule has 0 bridgehead atoms. The quantitative estimate of drug-likeness (QED) is 0.827. The van der Waals surface area contributed by atoms with Gasteiger partial charge in [-0.3, -0.25) is 0 Å². The Bertz CT molecular complexity index is 643. The lowest BCUT2D eigenvalue weighted by Crippen LogP contribution is -2.11. The molecule has 0 unspecified atom stereocenters. The monoisotopic (exact) mass is 303 g/mol. The van der Waals surface area contributed by atoms with E-state index in [0.717, 1.165) is 0 Å². The van der Waals surface area contributed by atoms with Gasteiger partial charge in [0.25, 0.3) is 0 Å². The molecular weight excluding hydrogens is 286 g/mol. The Labute approximate surface area is 129 Å². The molecule has 0 atom stereocenters. The van der Waals surface area contributed by atoms with Gasteiger partial charge in [-0.15, -0.1) is 0 Å². The molecule has 21 heavy (non-hydrogen) atoms. The maximum Gasteiger partial charge on any atom is 0.169 e. The number of hydrogen-bond acceptors (Lipinski definition) is 4. The third-order valence-electron chi connectivity index (χ3n) is 2.82. The molecule has 0 spiro atoms. The number of nitrogens with two attached hydrogens (primary N) is 1. The first-order valence-electron chi connectivity index (χ1n) is 6.53.